The number of thiocarbonyl (C=S) groups is 1. The maximum Gasteiger partial charge on any atom is 0.155 e. The van der Waals surface area contributed by atoms with Crippen LogP contribution in [0.3, 0.4) is 0 Å². The average molecular weight is 264 g/mol. The van der Waals surface area contributed by atoms with Gasteiger partial charge in [0.1, 0.15) is 10.7 Å². The molecule has 3 N–H and O–H groups in total. The highest BCUT2D eigenvalue weighted by atomic mass is 32.1. The molecule has 0 aliphatic heterocycles. The third kappa shape index (κ3) is 2.98. The molecule has 2 rings (SSSR count). The van der Waals surface area contributed by atoms with Gasteiger partial charge in [0.2, 0.25) is 0 Å². The van der Waals surface area contributed by atoms with Gasteiger partial charge in [-0.05, 0) is 19.1 Å². The van der Waals surface area contributed by atoms with E-state index in [0.29, 0.717) is 18.1 Å². The summed E-state index contributed by atoms with van der Waals surface area (Å²) >= 11 is 6.67. The standard InChI is InChI=1S/C11H12N4S2/c1-7-2-3-8(17-7)6-15-11-9(10(12)16)13-4-5-14-11/h2-5H,6H2,1H3,(H2,12,16)(H,14,15). The molecular weight excluding hydrogens is 252 g/mol. The average Bonchev–Trinajstić information content (AvgIpc) is 2.73. The largest absolute Gasteiger partial charge is 0.388 e. The van der Waals surface area contributed by atoms with Gasteiger partial charge in [0.25, 0.3) is 0 Å². The molecule has 0 aromatic carbocycles. The first-order valence-electron chi connectivity index (χ1n) is 5.07. The van der Waals surface area contributed by atoms with Crippen molar-refractivity contribution in [2.45, 2.75) is 13.5 Å². The second kappa shape index (κ2) is 5.20. The number of nitrogens with zero attached hydrogens (tertiary/aromatic N) is 2. The van der Waals surface area contributed by atoms with Crippen molar-refractivity contribution >= 4 is 34.4 Å². The Bertz CT molecular complexity index is 536. The van der Waals surface area contributed by atoms with Crippen molar-refractivity contribution in [1.29, 1.82) is 0 Å². The lowest BCUT2D eigenvalue weighted by Gasteiger charge is -2.07. The first-order valence-corrected chi connectivity index (χ1v) is 6.29. The zero-order valence-electron chi connectivity index (χ0n) is 9.30. The molecule has 0 unspecified atom stereocenters. The predicted molar refractivity (Wildman–Crippen MR) is 74.3 cm³/mol. The molecule has 4 nitrogen and oxygen atoms in total. The Morgan fingerprint density at radius 3 is 2.82 bits per heavy atom. The van der Waals surface area contributed by atoms with Gasteiger partial charge in [-0.25, -0.2) is 9.97 Å². The Morgan fingerprint density at radius 1 is 1.41 bits per heavy atom. The maximum atomic E-state index is 5.58. The van der Waals surface area contributed by atoms with E-state index in [4.69, 9.17) is 18.0 Å². The number of thiophene rings is 1. The maximum absolute atomic E-state index is 5.58. The molecule has 88 valence electrons. The third-order valence-corrected chi connectivity index (χ3v) is 3.35. The molecule has 0 aliphatic carbocycles. The second-order valence-corrected chi connectivity index (χ2v) is 5.30. The summed E-state index contributed by atoms with van der Waals surface area (Å²) in [5.41, 5.74) is 6.12. The van der Waals surface area contributed by atoms with Gasteiger partial charge in [-0.15, -0.1) is 11.3 Å². The quantitative estimate of drug-likeness (QED) is 0.828. The lowest BCUT2D eigenvalue weighted by atomic mass is 10.4. The van der Waals surface area contributed by atoms with Crippen molar-refractivity contribution < 1.29 is 0 Å². The molecular formula is C11H12N4S2. The van der Waals surface area contributed by atoms with Gasteiger partial charge >= 0.3 is 0 Å². The van der Waals surface area contributed by atoms with E-state index in [2.05, 4.69) is 34.3 Å². The second-order valence-electron chi connectivity index (χ2n) is 3.48. The lowest BCUT2D eigenvalue weighted by molar-refractivity contribution is 1.10. The summed E-state index contributed by atoms with van der Waals surface area (Å²) in [5, 5.41) is 3.19. The molecule has 0 saturated heterocycles. The zero-order valence-corrected chi connectivity index (χ0v) is 10.9. The van der Waals surface area contributed by atoms with E-state index < -0.39 is 0 Å². The van der Waals surface area contributed by atoms with Gasteiger partial charge < -0.3 is 11.1 Å². The lowest BCUT2D eigenvalue weighted by Crippen LogP contribution is -2.16. The zero-order chi connectivity index (χ0) is 12.3. The van der Waals surface area contributed by atoms with Gasteiger partial charge in [0.15, 0.2) is 5.82 Å². The number of hydrogen-bond donors (Lipinski definition) is 2. The van der Waals surface area contributed by atoms with Crippen molar-refractivity contribution in [2.75, 3.05) is 5.32 Å². The number of aryl methyl sites for hydroxylation is 1. The molecule has 6 heteroatoms. The first-order chi connectivity index (χ1) is 8.16. The monoisotopic (exact) mass is 264 g/mol. The number of nitrogens with two attached hydrogens (primary N) is 1. The van der Waals surface area contributed by atoms with Gasteiger partial charge in [-0.2, -0.15) is 0 Å². The molecule has 0 saturated carbocycles. The van der Waals surface area contributed by atoms with Crippen LogP contribution in [0.2, 0.25) is 0 Å². The van der Waals surface area contributed by atoms with Gasteiger partial charge in [0.05, 0.1) is 6.54 Å². The minimum atomic E-state index is 0.253. The molecule has 0 amide bonds. The topological polar surface area (TPSA) is 63.8 Å². The SMILES string of the molecule is Cc1ccc(CNc2nccnc2C(N)=S)s1. The van der Waals surface area contributed by atoms with E-state index in [9.17, 15) is 0 Å². The summed E-state index contributed by atoms with van der Waals surface area (Å²) in [6, 6.07) is 4.18. The Labute approximate surface area is 109 Å². The van der Waals surface area contributed by atoms with E-state index in [1.807, 2.05) is 0 Å². The van der Waals surface area contributed by atoms with Gasteiger partial charge in [-0.3, -0.25) is 0 Å². The number of anilines is 1. The molecule has 17 heavy (non-hydrogen) atoms. The van der Waals surface area contributed by atoms with E-state index in [0.717, 1.165) is 0 Å². The van der Waals surface area contributed by atoms with Crippen molar-refractivity contribution in [3.05, 3.63) is 40.0 Å². The predicted octanol–water partition coefficient (Wildman–Crippen LogP) is 2.09. The Kier molecular flexibility index (Phi) is 3.65. The summed E-state index contributed by atoms with van der Waals surface area (Å²) in [4.78, 5) is 11.1. The van der Waals surface area contributed by atoms with Crippen LogP contribution >= 0.6 is 23.6 Å². The fourth-order valence-electron chi connectivity index (χ4n) is 1.40. The van der Waals surface area contributed by atoms with Crippen LogP contribution in [0.5, 0.6) is 0 Å². The van der Waals surface area contributed by atoms with Gasteiger partial charge in [-0.1, -0.05) is 12.2 Å². The van der Waals surface area contributed by atoms with Crippen molar-refractivity contribution in [2.24, 2.45) is 5.73 Å². The van der Waals surface area contributed by atoms with E-state index in [1.54, 1.807) is 23.7 Å². The van der Waals surface area contributed by atoms with Crippen LogP contribution in [0.1, 0.15) is 15.4 Å². The highest BCUT2D eigenvalue weighted by Gasteiger charge is 2.07. The third-order valence-electron chi connectivity index (χ3n) is 2.16. The summed E-state index contributed by atoms with van der Waals surface area (Å²) in [6.45, 7) is 2.78. The number of aromatic nitrogens is 2. The summed E-state index contributed by atoms with van der Waals surface area (Å²) in [5.74, 6) is 0.631. The molecule has 0 bridgehead atoms. The molecule has 2 aromatic heterocycles. The van der Waals surface area contributed by atoms with Crippen LogP contribution in [0, 0.1) is 6.92 Å². The van der Waals surface area contributed by atoms with Crippen molar-refractivity contribution in [1.82, 2.24) is 9.97 Å². The molecule has 2 heterocycles. The number of nitrogens with one attached hydrogen (secondary N) is 1. The Morgan fingerprint density at radius 2 is 2.18 bits per heavy atom. The van der Waals surface area contributed by atoms with Crippen molar-refractivity contribution in [3.63, 3.8) is 0 Å². The molecule has 0 fully saturated rings. The first kappa shape index (κ1) is 11.9. The molecule has 0 aliphatic rings. The Hall–Kier alpha value is -1.53. The molecule has 0 radical (unpaired) electrons. The van der Waals surface area contributed by atoms with Crippen LogP contribution in [0.4, 0.5) is 5.82 Å². The minimum absolute atomic E-state index is 0.253. The van der Waals surface area contributed by atoms with E-state index in [-0.39, 0.29) is 4.99 Å². The van der Waals surface area contributed by atoms with Crippen LogP contribution in [0.15, 0.2) is 24.5 Å². The van der Waals surface area contributed by atoms with Gasteiger partial charge in [0, 0.05) is 22.1 Å². The molecule has 2 aromatic rings. The summed E-state index contributed by atoms with van der Waals surface area (Å²) < 4.78 is 0. The minimum Gasteiger partial charge on any atom is -0.388 e. The highest BCUT2D eigenvalue weighted by molar-refractivity contribution is 7.80. The summed E-state index contributed by atoms with van der Waals surface area (Å²) in [7, 11) is 0. The van der Waals surface area contributed by atoms with E-state index in [1.165, 1.54) is 9.75 Å². The highest BCUT2D eigenvalue weighted by Crippen LogP contribution is 2.17. The van der Waals surface area contributed by atoms with Crippen LogP contribution in [0.25, 0.3) is 0 Å². The van der Waals surface area contributed by atoms with Crippen LogP contribution in [-0.2, 0) is 6.54 Å². The molecule has 0 atom stereocenters. The van der Waals surface area contributed by atoms with E-state index >= 15 is 0 Å². The number of hydrogen-bond acceptors (Lipinski definition) is 5. The smallest absolute Gasteiger partial charge is 0.155 e. The molecule has 0 spiro atoms. The van der Waals surface area contributed by atoms with Crippen LogP contribution < -0.4 is 11.1 Å². The van der Waals surface area contributed by atoms with Crippen LogP contribution in [-0.4, -0.2) is 15.0 Å². The fraction of sp³-hybridized carbons (Fsp3) is 0.182. The normalized spacial score (nSPS) is 10.2. The fourth-order valence-corrected chi connectivity index (χ4v) is 2.38. The Balaban J connectivity index is 2.11. The van der Waals surface area contributed by atoms with Crippen molar-refractivity contribution in [3.8, 4) is 0 Å². The summed E-state index contributed by atoms with van der Waals surface area (Å²) in [6.07, 6.45) is 3.19. The number of rotatable bonds is 4.